The van der Waals surface area contributed by atoms with Gasteiger partial charge in [0.05, 0.1) is 0 Å². The van der Waals surface area contributed by atoms with E-state index in [2.05, 4.69) is 5.32 Å². The van der Waals surface area contributed by atoms with Crippen molar-refractivity contribution >= 4 is 24.0 Å². The second-order valence-corrected chi connectivity index (χ2v) is 1.79. The van der Waals surface area contributed by atoms with Gasteiger partial charge in [0.25, 0.3) is 0 Å². The van der Waals surface area contributed by atoms with E-state index in [-0.39, 0.29) is 24.0 Å². The molecule has 0 aromatic carbocycles. The summed E-state index contributed by atoms with van der Waals surface area (Å²) >= 11 is 0. The minimum Gasteiger partial charge on any atom is -0.314 e. The number of hydrogen-bond acceptors (Lipinski definition) is 3. The molecule has 0 saturated carbocycles. The van der Waals surface area contributed by atoms with Crippen LogP contribution in [0.2, 0.25) is 0 Å². The van der Waals surface area contributed by atoms with Crippen LogP contribution in [0.25, 0.3) is 0 Å². The number of halogens is 1. The fourth-order valence-corrected chi connectivity index (χ4v) is 0.682. The van der Waals surface area contributed by atoms with Crippen LogP contribution in [0.1, 0.15) is 0 Å². The van der Waals surface area contributed by atoms with Crippen LogP contribution in [0, 0.1) is 0 Å². The average molecular weight is 229 g/mol. The number of nitrogens with zero attached hydrogens (tertiary/aromatic N) is 1. The maximum atomic E-state index is 5.43. The number of rotatable bonds is 0. The highest BCUT2D eigenvalue weighted by atomic mass is 127. The molecule has 0 unspecified atom stereocenters. The number of hydrazine groups is 1. The molecule has 1 fully saturated rings. The molecule has 0 atom stereocenters. The predicted octanol–water partition coefficient (Wildman–Crippen LogP) is -0.617. The molecular formula is C4H12IN3. The predicted molar refractivity (Wildman–Crippen MR) is 44.0 cm³/mol. The van der Waals surface area contributed by atoms with E-state index in [0.717, 1.165) is 26.2 Å². The summed E-state index contributed by atoms with van der Waals surface area (Å²) in [4.78, 5) is 0. The summed E-state index contributed by atoms with van der Waals surface area (Å²) < 4.78 is 0. The van der Waals surface area contributed by atoms with Gasteiger partial charge in [-0.25, -0.2) is 5.01 Å². The molecule has 0 radical (unpaired) electrons. The molecule has 1 aliphatic heterocycles. The van der Waals surface area contributed by atoms with Crippen molar-refractivity contribution in [2.45, 2.75) is 0 Å². The van der Waals surface area contributed by atoms with E-state index >= 15 is 0 Å². The summed E-state index contributed by atoms with van der Waals surface area (Å²) in [7, 11) is 0. The third-order valence-corrected chi connectivity index (χ3v) is 1.15. The van der Waals surface area contributed by atoms with E-state index in [9.17, 15) is 0 Å². The molecule has 0 aromatic rings. The maximum Gasteiger partial charge on any atom is 0.0254 e. The topological polar surface area (TPSA) is 41.3 Å². The van der Waals surface area contributed by atoms with Crippen LogP contribution in [0.5, 0.6) is 0 Å². The van der Waals surface area contributed by atoms with Crippen LogP contribution in [0.4, 0.5) is 0 Å². The molecule has 50 valence electrons. The largest absolute Gasteiger partial charge is 0.314 e. The van der Waals surface area contributed by atoms with Crippen LogP contribution >= 0.6 is 24.0 Å². The van der Waals surface area contributed by atoms with Gasteiger partial charge in [0.2, 0.25) is 0 Å². The second-order valence-electron chi connectivity index (χ2n) is 1.79. The van der Waals surface area contributed by atoms with Gasteiger partial charge in [-0.05, 0) is 0 Å². The highest BCUT2D eigenvalue weighted by Crippen LogP contribution is 1.79. The Morgan fingerprint density at radius 2 is 1.75 bits per heavy atom. The minimum absolute atomic E-state index is 0. The van der Waals surface area contributed by atoms with Gasteiger partial charge in [0, 0.05) is 26.2 Å². The lowest BCUT2D eigenvalue weighted by Gasteiger charge is -2.21. The molecule has 1 saturated heterocycles. The molecule has 3 N–H and O–H groups in total. The van der Waals surface area contributed by atoms with Gasteiger partial charge in [0.1, 0.15) is 0 Å². The molecule has 0 amide bonds. The third kappa shape index (κ3) is 2.81. The van der Waals surface area contributed by atoms with Gasteiger partial charge in [-0.2, -0.15) is 0 Å². The first kappa shape index (κ1) is 8.61. The van der Waals surface area contributed by atoms with Crippen molar-refractivity contribution in [3.8, 4) is 0 Å². The summed E-state index contributed by atoms with van der Waals surface area (Å²) in [6, 6.07) is 0. The Labute approximate surface area is 66.6 Å². The molecule has 0 spiro atoms. The first-order valence-corrected chi connectivity index (χ1v) is 2.60. The summed E-state index contributed by atoms with van der Waals surface area (Å²) in [5.41, 5.74) is 0. The quantitative estimate of drug-likeness (QED) is 0.430. The fraction of sp³-hybridized carbons (Fsp3) is 1.00. The molecule has 3 nitrogen and oxygen atoms in total. The molecule has 4 heteroatoms. The van der Waals surface area contributed by atoms with Gasteiger partial charge in [-0.1, -0.05) is 0 Å². The fourth-order valence-electron chi connectivity index (χ4n) is 0.682. The van der Waals surface area contributed by atoms with Crippen molar-refractivity contribution in [3.05, 3.63) is 0 Å². The molecule has 8 heavy (non-hydrogen) atoms. The number of nitrogens with one attached hydrogen (secondary N) is 1. The number of hydrogen-bond donors (Lipinski definition) is 2. The lowest BCUT2D eigenvalue weighted by atomic mass is 10.4. The van der Waals surface area contributed by atoms with E-state index in [0.29, 0.717) is 0 Å². The molecule has 1 aliphatic rings. The van der Waals surface area contributed by atoms with Gasteiger partial charge < -0.3 is 5.32 Å². The third-order valence-electron chi connectivity index (χ3n) is 1.15. The number of piperazine rings is 1. The first-order chi connectivity index (χ1) is 3.39. The Morgan fingerprint density at radius 1 is 1.25 bits per heavy atom. The zero-order chi connectivity index (χ0) is 5.11. The summed E-state index contributed by atoms with van der Waals surface area (Å²) in [6.45, 7) is 4.05. The van der Waals surface area contributed by atoms with E-state index in [1.165, 1.54) is 0 Å². The Morgan fingerprint density at radius 3 is 2.00 bits per heavy atom. The van der Waals surface area contributed by atoms with Crippen molar-refractivity contribution in [3.63, 3.8) is 0 Å². The van der Waals surface area contributed by atoms with Gasteiger partial charge in [-0.3, -0.25) is 5.84 Å². The molecule has 1 rings (SSSR count). The SMILES string of the molecule is I.NN1CCNCC1. The van der Waals surface area contributed by atoms with E-state index in [4.69, 9.17) is 5.84 Å². The van der Waals surface area contributed by atoms with Crippen molar-refractivity contribution in [2.24, 2.45) is 5.84 Å². The minimum atomic E-state index is 0. The summed E-state index contributed by atoms with van der Waals surface area (Å²) in [5, 5.41) is 5.02. The molecule has 0 bridgehead atoms. The molecule has 0 aliphatic carbocycles. The summed E-state index contributed by atoms with van der Waals surface area (Å²) in [5.74, 6) is 5.43. The van der Waals surface area contributed by atoms with Crippen molar-refractivity contribution in [2.75, 3.05) is 26.2 Å². The van der Waals surface area contributed by atoms with Crippen molar-refractivity contribution < 1.29 is 0 Å². The second kappa shape index (κ2) is 4.49. The highest BCUT2D eigenvalue weighted by molar-refractivity contribution is 14.0. The molecule has 1 heterocycles. The van der Waals surface area contributed by atoms with E-state index in [1.807, 2.05) is 5.01 Å². The van der Waals surface area contributed by atoms with Crippen LogP contribution < -0.4 is 11.2 Å². The highest BCUT2D eigenvalue weighted by Gasteiger charge is 2.01. The Balaban J connectivity index is 0.000000490. The Hall–Kier alpha value is 0.610. The Bertz CT molecular complexity index is 53.2. The van der Waals surface area contributed by atoms with Crippen LogP contribution in [0.15, 0.2) is 0 Å². The van der Waals surface area contributed by atoms with Crippen LogP contribution in [-0.4, -0.2) is 31.2 Å². The molecule has 0 aromatic heterocycles. The van der Waals surface area contributed by atoms with E-state index < -0.39 is 0 Å². The number of nitrogens with two attached hydrogens (primary N) is 1. The standard InChI is InChI=1S/C4H11N3.HI/c5-7-3-1-6-2-4-7;/h6H,1-5H2;1H. The zero-order valence-electron chi connectivity index (χ0n) is 4.76. The van der Waals surface area contributed by atoms with Gasteiger partial charge in [-0.15, -0.1) is 24.0 Å². The maximum absolute atomic E-state index is 5.43. The summed E-state index contributed by atoms with van der Waals surface area (Å²) in [6.07, 6.45) is 0. The van der Waals surface area contributed by atoms with Gasteiger partial charge in [0.15, 0.2) is 0 Å². The van der Waals surface area contributed by atoms with Gasteiger partial charge >= 0.3 is 0 Å². The zero-order valence-corrected chi connectivity index (χ0v) is 7.09. The van der Waals surface area contributed by atoms with Crippen LogP contribution in [0.3, 0.4) is 0 Å². The Kier molecular flexibility index (Phi) is 4.83. The lowest BCUT2D eigenvalue weighted by molar-refractivity contribution is 0.248. The smallest absolute Gasteiger partial charge is 0.0254 e. The normalized spacial score (nSPS) is 22.1. The van der Waals surface area contributed by atoms with Crippen molar-refractivity contribution in [1.82, 2.24) is 10.3 Å². The monoisotopic (exact) mass is 229 g/mol. The van der Waals surface area contributed by atoms with E-state index in [1.54, 1.807) is 0 Å². The average Bonchev–Trinajstić information content (AvgIpc) is 1.69. The first-order valence-electron chi connectivity index (χ1n) is 2.60. The van der Waals surface area contributed by atoms with Crippen molar-refractivity contribution in [1.29, 1.82) is 0 Å². The molecular weight excluding hydrogens is 217 g/mol. The lowest BCUT2D eigenvalue weighted by Crippen LogP contribution is -2.47. The van der Waals surface area contributed by atoms with Crippen LogP contribution in [-0.2, 0) is 0 Å².